The first-order chi connectivity index (χ1) is 13.2. The molecule has 0 radical (unpaired) electrons. The van der Waals surface area contributed by atoms with E-state index in [1.807, 2.05) is 36.0 Å². The number of hydrogen-bond acceptors (Lipinski definition) is 5. The van der Waals surface area contributed by atoms with Crippen LogP contribution in [-0.2, 0) is 6.54 Å². The van der Waals surface area contributed by atoms with Gasteiger partial charge in [0.15, 0.2) is 0 Å². The van der Waals surface area contributed by atoms with Gasteiger partial charge in [-0.1, -0.05) is 12.1 Å². The number of aromatic nitrogens is 3. The topological polar surface area (TPSA) is 66.6 Å². The Morgan fingerprint density at radius 1 is 1.19 bits per heavy atom. The molecule has 0 aromatic carbocycles. The van der Waals surface area contributed by atoms with E-state index in [0.717, 1.165) is 36.6 Å². The fourth-order valence-corrected chi connectivity index (χ4v) is 4.18. The molecule has 2 aromatic rings. The van der Waals surface area contributed by atoms with Gasteiger partial charge < -0.3 is 0 Å². The lowest BCUT2D eigenvalue weighted by molar-refractivity contribution is 0.0995. The summed E-state index contributed by atoms with van der Waals surface area (Å²) in [6, 6.07) is 5.58. The lowest BCUT2D eigenvalue weighted by Gasteiger charge is -2.25. The van der Waals surface area contributed by atoms with E-state index in [9.17, 15) is 4.79 Å². The number of carbonyl (C=O) groups is 1. The average Bonchev–Trinajstić information content (AvgIpc) is 3.41. The molecule has 0 bridgehead atoms. The molecule has 1 atom stereocenters. The van der Waals surface area contributed by atoms with Crippen molar-refractivity contribution >= 4 is 23.6 Å². The standard InChI is InChI=1S/C20H22N6O/c1-14-19-16(13-25(20(19)27)18-6-2-3-9-21-18)23-26(14)15-7-8-17(22-12-15)24-10-4-5-11-24/h2-3,6-7,9,12,17H,4-5,8,10-11,13H2,1H3. The molecular formula is C20H22N6O. The van der Waals surface area contributed by atoms with Gasteiger partial charge in [0, 0.05) is 31.9 Å². The zero-order chi connectivity index (χ0) is 18.4. The van der Waals surface area contributed by atoms with Gasteiger partial charge in [-0.3, -0.25) is 19.6 Å². The second-order valence-corrected chi connectivity index (χ2v) is 7.26. The molecular weight excluding hydrogens is 340 g/mol. The summed E-state index contributed by atoms with van der Waals surface area (Å²) in [5, 5.41) is 4.72. The fraction of sp³-hybridized carbons (Fsp3) is 0.400. The van der Waals surface area contributed by atoms with E-state index in [1.54, 1.807) is 11.1 Å². The number of nitrogens with zero attached hydrogens (tertiary/aromatic N) is 6. The lowest BCUT2D eigenvalue weighted by Crippen LogP contribution is -2.32. The van der Waals surface area contributed by atoms with Crippen LogP contribution in [0.15, 0.2) is 35.5 Å². The van der Waals surface area contributed by atoms with Crippen molar-refractivity contribution in [2.45, 2.75) is 38.9 Å². The van der Waals surface area contributed by atoms with E-state index in [2.05, 4.69) is 16.0 Å². The predicted molar refractivity (Wildman–Crippen MR) is 104 cm³/mol. The maximum atomic E-state index is 12.9. The largest absolute Gasteiger partial charge is 0.286 e. The SMILES string of the molecule is Cc1c2c(nn1C1=CCC(N3CCCC3)N=C1)CN(c1ccccn1)C2=O. The van der Waals surface area contributed by atoms with Crippen molar-refractivity contribution in [3.05, 3.63) is 47.4 Å². The van der Waals surface area contributed by atoms with E-state index in [-0.39, 0.29) is 12.1 Å². The van der Waals surface area contributed by atoms with Crippen LogP contribution >= 0.6 is 0 Å². The Kier molecular flexibility index (Phi) is 3.89. The number of rotatable bonds is 3. The molecule has 1 unspecified atom stereocenters. The number of amides is 1. The minimum atomic E-state index is -0.0317. The third kappa shape index (κ3) is 2.70. The van der Waals surface area contributed by atoms with Gasteiger partial charge in [-0.2, -0.15) is 5.10 Å². The van der Waals surface area contributed by atoms with E-state index in [1.165, 1.54) is 12.8 Å². The van der Waals surface area contributed by atoms with Gasteiger partial charge in [0.1, 0.15) is 12.0 Å². The van der Waals surface area contributed by atoms with Crippen molar-refractivity contribution in [2.75, 3.05) is 18.0 Å². The molecule has 0 aliphatic carbocycles. The van der Waals surface area contributed by atoms with Crippen LogP contribution in [0.3, 0.4) is 0 Å². The number of carbonyl (C=O) groups excluding carboxylic acids is 1. The summed E-state index contributed by atoms with van der Waals surface area (Å²) in [6.45, 7) is 4.68. The average molecular weight is 362 g/mol. The highest BCUT2D eigenvalue weighted by Crippen LogP contribution is 2.30. The van der Waals surface area contributed by atoms with Gasteiger partial charge in [0.05, 0.1) is 29.2 Å². The van der Waals surface area contributed by atoms with Crippen molar-refractivity contribution in [2.24, 2.45) is 4.99 Å². The monoisotopic (exact) mass is 362 g/mol. The van der Waals surface area contributed by atoms with Gasteiger partial charge in [0.25, 0.3) is 5.91 Å². The van der Waals surface area contributed by atoms with Crippen LogP contribution in [0.5, 0.6) is 0 Å². The summed E-state index contributed by atoms with van der Waals surface area (Å²) in [6.07, 6.45) is 9.47. The van der Waals surface area contributed by atoms with E-state index < -0.39 is 0 Å². The normalized spacial score (nSPS) is 22.4. The van der Waals surface area contributed by atoms with Crippen LogP contribution in [0.2, 0.25) is 0 Å². The van der Waals surface area contributed by atoms with Crippen molar-refractivity contribution in [3.63, 3.8) is 0 Å². The molecule has 7 nitrogen and oxygen atoms in total. The van der Waals surface area contributed by atoms with Crippen LogP contribution in [0.1, 0.15) is 41.0 Å². The van der Waals surface area contributed by atoms with Crippen molar-refractivity contribution in [1.82, 2.24) is 19.7 Å². The Labute approximate surface area is 158 Å². The summed E-state index contributed by atoms with van der Waals surface area (Å²) < 4.78 is 1.86. The molecule has 2 aromatic heterocycles. The van der Waals surface area contributed by atoms with E-state index >= 15 is 0 Å². The molecule has 1 fully saturated rings. The first-order valence-electron chi connectivity index (χ1n) is 9.51. The maximum absolute atomic E-state index is 12.9. The molecule has 7 heteroatoms. The van der Waals surface area contributed by atoms with Crippen LogP contribution in [0, 0.1) is 6.92 Å². The quantitative estimate of drug-likeness (QED) is 0.841. The first kappa shape index (κ1) is 16.4. The second kappa shape index (κ2) is 6.42. The number of hydrogen-bond donors (Lipinski definition) is 0. The molecule has 5 rings (SSSR count). The minimum Gasteiger partial charge on any atom is -0.286 e. The molecule has 0 N–H and O–H groups in total. The highest BCUT2D eigenvalue weighted by molar-refractivity contribution is 6.11. The van der Waals surface area contributed by atoms with E-state index in [4.69, 9.17) is 10.1 Å². The van der Waals surface area contributed by atoms with Crippen LogP contribution in [0.4, 0.5) is 5.82 Å². The maximum Gasteiger partial charge on any atom is 0.263 e. The van der Waals surface area contributed by atoms with Crippen molar-refractivity contribution in [1.29, 1.82) is 0 Å². The van der Waals surface area contributed by atoms with E-state index in [0.29, 0.717) is 17.9 Å². The summed E-state index contributed by atoms with van der Waals surface area (Å²) >= 11 is 0. The molecule has 1 amide bonds. The Balaban J connectivity index is 1.38. The highest BCUT2D eigenvalue weighted by atomic mass is 16.2. The molecule has 3 aliphatic heterocycles. The van der Waals surface area contributed by atoms with Crippen molar-refractivity contribution in [3.8, 4) is 0 Å². The van der Waals surface area contributed by atoms with Gasteiger partial charge in [0.2, 0.25) is 0 Å². The zero-order valence-electron chi connectivity index (χ0n) is 15.4. The van der Waals surface area contributed by atoms with Gasteiger partial charge in [-0.25, -0.2) is 9.67 Å². The highest BCUT2D eigenvalue weighted by Gasteiger charge is 2.35. The molecule has 138 valence electrons. The Hall–Kier alpha value is -2.80. The number of aliphatic imine (C=N–C) groups is 1. The van der Waals surface area contributed by atoms with Crippen LogP contribution in [0.25, 0.3) is 5.70 Å². The van der Waals surface area contributed by atoms with Gasteiger partial charge in [-0.15, -0.1) is 0 Å². The predicted octanol–water partition coefficient (Wildman–Crippen LogP) is 2.48. The summed E-state index contributed by atoms with van der Waals surface area (Å²) in [5.41, 5.74) is 3.32. The second-order valence-electron chi connectivity index (χ2n) is 7.26. The molecule has 27 heavy (non-hydrogen) atoms. The Bertz CT molecular complexity index is 939. The van der Waals surface area contributed by atoms with Gasteiger partial charge >= 0.3 is 0 Å². The summed E-state index contributed by atoms with van der Waals surface area (Å²) in [5.74, 6) is 0.633. The number of dihydropyridines is 1. The molecule has 5 heterocycles. The fourth-order valence-electron chi connectivity index (χ4n) is 4.18. The van der Waals surface area contributed by atoms with Gasteiger partial charge in [-0.05, 0) is 31.9 Å². The summed E-state index contributed by atoms with van der Waals surface area (Å²) in [4.78, 5) is 26.1. The Morgan fingerprint density at radius 3 is 2.70 bits per heavy atom. The lowest BCUT2D eigenvalue weighted by atomic mass is 10.2. The summed E-state index contributed by atoms with van der Waals surface area (Å²) in [7, 11) is 0. The zero-order valence-corrected chi connectivity index (χ0v) is 15.4. The minimum absolute atomic E-state index is 0.0317. The molecule has 0 spiro atoms. The number of likely N-dealkylation sites (tertiary alicyclic amines) is 1. The third-order valence-electron chi connectivity index (χ3n) is 5.60. The first-order valence-corrected chi connectivity index (χ1v) is 9.51. The molecule has 1 saturated heterocycles. The Morgan fingerprint density at radius 2 is 2.04 bits per heavy atom. The van der Waals surface area contributed by atoms with Crippen molar-refractivity contribution < 1.29 is 4.79 Å². The smallest absolute Gasteiger partial charge is 0.263 e. The number of pyridine rings is 1. The molecule has 3 aliphatic rings. The number of fused-ring (bicyclic) bond motifs is 1. The number of anilines is 1. The van der Waals surface area contributed by atoms with Crippen LogP contribution < -0.4 is 4.90 Å². The van der Waals surface area contributed by atoms with Crippen LogP contribution in [-0.4, -0.2) is 51.0 Å². The molecule has 0 saturated carbocycles. The number of allylic oxidation sites excluding steroid dienone is 1. The third-order valence-corrected chi connectivity index (χ3v) is 5.60.